The summed E-state index contributed by atoms with van der Waals surface area (Å²) in [6.45, 7) is 0.242. The Kier molecular flexibility index (Phi) is 4.25. The van der Waals surface area contributed by atoms with Crippen LogP contribution in [0.5, 0.6) is 11.5 Å². The molecule has 0 amide bonds. The molecule has 0 unspecified atom stereocenters. The highest BCUT2D eigenvalue weighted by Crippen LogP contribution is 2.34. The van der Waals surface area contributed by atoms with Crippen LogP contribution < -0.4 is 20.1 Å². The Morgan fingerprint density at radius 1 is 0.958 bits per heavy atom. The Hall–Kier alpha value is -2.28. The van der Waals surface area contributed by atoms with Crippen LogP contribution in [0, 0.1) is 0 Å². The van der Waals surface area contributed by atoms with Crippen molar-refractivity contribution < 1.29 is 9.47 Å². The number of anilines is 3. The van der Waals surface area contributed by atoms with Crippen molar-refractivity contribution in [2.24, 2.45) is 0 Å². The summed E-state index contributed by atoms with van der Waals surface area (Å²) in [6, 6.07) is 5.96. The third kappa shape index (κ3) is 3.46. The Balaban J connectivity index is 1.50. The number of nitrogens with one attached hydrogen (secondary N) is 2. The average Bonchev–Trinajstić information content (AvgIpc) is 3.03. The standard InChI is InChI=1S/C16H18ClN5O2/c17-14-20-15(18-10-4-2-1-3-5-10)22-16(21-14)19-11-6-7-12-13(8-11)24-9-23-12/h6-8,10H,1-5,9H2,(H2,18,19,20,21,22). The zero-order valence-electron chi connectivity index (χ0n) is 13.1. The molecule has 0 radical (unpaired) electrons. The summed E-state index contributed by atoms with van der Waals surface area (Å²) in [4.78, 5) is 12.7. The molecule has 0 atom stereocenters. The minimum atomic E-state index is 0.159. The lowest BCUT2D eigenvalue weighted by Crippen LogP contribution is -2.23. The quantitative estimate of drug-likeness (QED) is 0.871. The summed E-state index contributed by atoms with van der Waals surface area (Å²) in [7, 11) is 0. The van der Waals surface area contributed by atoms with Crippen LogP contribution in [0.2, 0.25) is 5.28 Å². The molecular weight excluding hydrogens is 330 g/mol. The van der Waals surface area contributed by atoms with Crippen molar-refractivity contribution in [3.63, 3.8) is 0 Å². The van der Waals surface area contributed by atoms with Gasteiger partial charge in [-0.05, 0) is 36.6 Å². The molecule has 2 heterocycles. The van der Waals surface area contributed by atoms with E-state index in [1.807, 2.05) is 18.2 Å². The molecule has 1 saturated carbocycles. The SMILES string of the molecule is Clc1nc(Nc2ccc3c(c2)OCO3)nc(NC2CCCCC2)n1. The molecule has 7 nitrogen and oxygen atoms in total. The lowest BCUT2D eigenvalue weighted by atomic mass is 9.96. The predicted molar refractivity (Wildman–Crippen MR) is 91.2 cm³/mol. The molecule has 1 aliphatic carbocycles. The lowest BCUT2D eigenvalue weighted by Gasteiger charge is -2.22. The number of benzene rings is 1. The van der Waals surface area contributed by atoms with E-state index in [-0.39, 0.29) is 12.1 Å². The molecule has 1 fully saturated rings. The second-order valence-corrected chi connectivity index (χ2v) is 6.26. The van der Waals surface area contributed by atoms with Gasteiger partial charge in [0.15, 0.2) is 11.5 Å². The van der Waals surface area contributed by atoms with Crippen LogP contribution in [0.25, 0.3) is 0 Å². The van der Waals surface area contributed by atoms with Gasteiger partial charge >= 0.3 is 0 Å². The normalized spacial score (nSPS) is 16.9. The van der Waals surface area contributed by atoms with Crippen molar-refractivity contribution in [1.29, 1.82) is 0 Å². The maximum Gasteiger partial charge on any atom is 0.233 e. The molecule has 8 heteroatoms. The van der Waals surface area contributed by atoms with Gasteiger partial charge in [-0.3, -0.25) is 0 Å². The van der Waals surface area contributed by atoms with Crippen LogP contribution in [0.3, 0.4) is 0 Å². The molecule has 1 aromatic carbocycles. The van der Waals surface area contributed by atoms with E-state index in [4.69, 9.17) is 21.1 Å². The number of hydrogen-bond acceptors (Lipinski definition) is 7. The molecular formula is C16H18ClN5O2. The van der Waals surface area contributed by atoms with Crippen LogP contribution >= 0.6 is 11.6 Å². The number of hydrogen-bond donors (Lipinski definition) is 2. The second kappa shape index (κ2) is 6.68. The van der Waals surface area contributed by atoms with Crippen molar-refractivity contribution in [2.75, 3.05) is 17.4 Å². The van der Waals surface area contributed by atoms with Crippen LogP contribution in [-0.4, -0.2) is 27.8 Å². The van der Waals surface area contributed by atoms with Crippen LogP contribution in [0.1, 0.15) is 32.1 Å². The second-order valence-electron chi connectivity index (χ2n) is 5.92. The van der Waals surface area contributed by atoms with Crippen molar-refractivity contribution in [2.45, 2.75) is 38.1 Å². The molecule has 126 valence electrons. The first-order chi connectivity index (χ1) is 11.8. The molecule has 0 bridgehead atoms. The zero-order chi connectivity index (χ0) is 16.4. The van der Waals surface area contributed by atoms with Gasteiger partial charge < -0.3 is 20.1 Å². The van der Waals surface area contributed by atoms with Crippen LogP contribution in [0.15, 0.2) is 18.2 Å². The fourth-order valence-corrected chi connectivity index (χ4v) is 3.16. The molecule has 24 heavy (non-hydrogen) atoms. The van der Waals surface area contributed by atoms with Gasteiger partial charge in [-0.1, -0.05) is 19.3 Å². The van der Waals surface area contributed by atoms with E-state index in [1.54, 1.807) is 0 Å². The van der Waals surface area contributed by atoms with E-state index in [0.717, 1.165) is 24.3 Å². The molecule has 2 aliphatic rings. The Bertz CT molecular complexity index is 736. The first-order valence-electron chi connectivity index (χ1n) is 8.11. The van der Waals surface area contributed by atoms with Gasteiger partial charge in [-0.2, -0.15) is 15.0 Å². The van der Waals surface area contributed by atoms with Gasteiger partial charge in [0.2, 0.25) is 24.0 Å². The third-order valence-electron chi connectivity index (χ3n) is 4.18. The van der Waals surface area contributed by atoms with E-state index in [0.29, 0.717) is 23.7 Å². The minimum Gasteiger partial charge on any atom is -0.454 e. The highest BCUT2D eigenvalue weighted by Gasteiger charge is 2.16. The maximum absolute atomic E-state index is 6.04. The molecule has 1 aliphatic heterocycles. The van der Waals surface area contributed by atoms with Gasteiger partial charge in [0.05, 0.1) is 0 Å². The molecule has 0 saturated heterocycles. The van der Waals surface area contributed by atoms with Crippen molar-refractivity contribution in [3.05, 3.63) is 23.5 Å². The molecule has 4 rings (SSSR count). The number of halogens is 1. The lowest BCUT2D eigenvalue weighted by molar-refractivity contribution is 0.174. The Morgan fingerprint density at radius 2 is 1.75 bits per heavy atom. The summed E-state index contributed by atoms with van der Waals surface area (Å²) in [5.74, 6) is 2.33. The van der Waals surface area contributed by atoms with Crippen molar-refractivity contribution >= 4 is 29.2 Å². The molecule has 2 aromatic rings. The van der Waals surface area contributed by atoms with Gasteiger partial charge in [-0.25, -0.2) is 0 Å². The largest absolute Gasteiger partial charge is 0.454 e. The first-order valence-corrected chi connectivity index (χ1v) is 8.49. The summed E-state index contributed by atoms with van der Waals surface area (Å²) >= 11 is 6.04. The van der Waals surface area contributed by atoms with Crippen LogP contribution in [0.4, 0.5) is 17.6 Å². The van der Waals surface area contributed by atoms with Crippen LogP contribution in [-0.2, 0) is 0 Å². The van der Waals surface area contributed by atoms with Crippen molar-refractivity contribution in [1.82, 2.24) is 15.0 Å². The van der Waals surface area contributed by atoms with Gasteiger partial charge in [0.1, 0.15) is 0 Å². The van der Waals surface area contributed by atoms with E-state index >= 15 is 0 Å². The topological polar surface area (TPSA) is 81.2 Å². The monoisotopic (exact) mass is 347 g/mol. The number of nitrogens with zero attached hydrogens (tertiary/aromatic N) is 3. The Labute approximate surface area is 144 Å². The van der Waals surface area contributed by atoms with E-state index in [1.165, 1.54) is 19.3 Å². The van der Waals surface area contributed by atoms with E-state index in [9.17, 15) is 0 Å². The summed E-state index contributed by atoms with van der Waals surface area (Å²) < 4.78 is 10.7. The first kappa shape index (κ1) is 15.3. The van der Waals surface area contributed by atoms with Gasteiger partial charge in [0.25, 0.3) is 0 Å². The smallest absolute Gasteiger partial charge is 0.233 e. The minimum absolute atomic E-state index is 0.159. The summed E-state index contributed by atoms with van der Waals surface area (Å²) in [6.07, 6.45) is 6.03. The van der Waals surface area contributed by atoms with Gasteiger partial charge in [-0.15, -0.1) is 0 Å². The maximum atomic E-state index is 6.04. The van der Waals surface area contributed by atoms with Gasteiger partial charge in [0, 0.05) is 17.8 Å². The Morgan fingerprint density at radius 3 is 2.62 bits per heavy atom. The fraction of sp³-hybridized carbons (Fsp3) is 0.438. The van der Waals surface area contributed by atoms with Crippen molar-refractivity contribution in [3.8, 4) is 11.5 Å². The predicted octanol–water partition coefficient (Wildman–Crippen LogP) is 3.74. The third-order valence-corrected chi connectivity index (χ3v) is 4.34. The molecule has 0 spiro atoms. The molecule has 2 N–H and O–H groups in total. The van der Waals surface area contributed by atoms with E-state index < -0.39 is 0 Å². The zero-order valence-corrected chi connectivity index (χ0v) is 13.8. The summed E-state index contributed by atoms with van der Waals surface area (Å²) in [5.41, 5.74) is 0.796. The number of aromatic nitrogens is 3. The number of rotatable bonds is 4. The highest BCUT2D eigenvalue weighted by molar-refractivity contribution is 6.28. The number of fused-ring (bicyclic) bond motifs is 1. The summed E-state index contributed by atoms with van der Waals surface area (Å²) in [5, 5.41) is 6.65. The van der Waals surface area contributed by atoms with E-state index in [2.05, 4.69) is 25.6 Å². The average molecular weight is 348 g/mol. The fourth-order valence-electron chi connectivity index (χ4n) is 3.00. The molecule has 1 aromatic heterocycles. The number of ether oxygens (including phenoxy) is 2. The highest BCUT2D eigenvalue weighted by atomic mass is 35.5.